The number of aliphatic hydroxyl groups excluding tert-OH is 3. The largest absolute Gasteiger partial charge is 0.394 e. The zero-order valence-electron chi connectivity index (χ0n) is 17.6. The standard InChI is InChI=1S/C22H23ClN4O5S/c1-12(29)24-17-19(31)18(30)16(11-28)32-21(17)27-22(33)26(13-7-3-2-4-8-13)20(25-27)14-9-5-6-10-15(14)23/h2-10,16-19,21,28,30-31H,11H2,1H3,(H,24,29)/t16-,17-,18-,19-,21-/m1/s1. The van der Waals surface area contributed by atoms with Crippen molar-refractivity contribution in [3.8, 4) is 17.1 Å². The van der Waals surface area contributed by atoms with E-state index >= 15 is 0 Å². The molecular weight excluding hydrogens is 468 g/mol. The van der Waals surface area contributed by atoms with E-state index < -0.39 is 43.1 Å². The van der Waals surface area contributed by atoms with Gasteiger partial charge in [0.05, 0.1) is 11.6 Å². The number of nitrogens with zero attached hydrogens (tertiary/aromatic N) is 3. The van der Waals surface area contributed by atoms with Gasteiger partial charge in [-0.2, -0.15) is 0 Å². The number of amides is 1. The number of aliphatic hydroxyl groups is 3. The quantitative estimate of drug-likeness (QED) is 0.402. The van der Waals surface area contributed by atoms with Crippen LogP contribution in [0.1, 0.15) is 13.2 Å². The third-order valence-corrected chi connectivity index (χ3v) is 6.14. The van der Waals surface area contributed by atoms with Gasteiger partial charge in [0.1, 0.15) is 24.4 Å². The van der Waals surface area contributed by atoms with Crippen molar-refractivity contribution in [1.82, 2.24) is 19.7 Å². The van der Waals surface area contributed by atoms with E-state index in [1.54, 1.807) is 22.8 Å². The molecule has 0 saturated carbocycles. The third kappa shape index (κ3) is 4.45. The van der Waals surface area contributed by atoms with Crippen molar-refractivity contribution in [2.45, 2.75) is 37.5 Å². The molecule has 33 heavy (non-hydrogen) atoms. The highest BCUT2D eigenvalue weighted by molar-refractivity contribution is 7.71. The highest BCUT2D eigenvalue weighted by Crippen LogP contribution is 2.33. The van der Waals surface area contributed by atoms with Crippen LogP contribution in [0.4, 0.5) is 0 Å². The number of hydrogen-bond acceptors (Lipinski definition) is 7. The van der Waals surface area contributed by atoms with Crippen LogP contribution in [0.3, 0.4) is 0 Å². The zero-order valence-corrected chi connectivity index (χ0v) is 19.1. The molecule has 2 heterocycles. The molecule has 0 unspecified atom stereocenters. The van der Waals surface area contributed by atoms with E-state index in [1.807, 2.05) is 36.4 Å². The fourth-order valence-corrected chi connectivity index (χ4v) is 4.43. The van der Waals surface area contributed by atoms with Crippen LogP contribution in [0, 0.1) is 4.77 Å². The molecule has 4 rings (SSSR count). The number of benzene rings is 2. The minimum Gasteiger partial charge on any atom is -0.394 e. The first-order valence-corrected chi connectivity index (χ1v) is 11.0. The molecule has 11 heteroatoms. The second kappa shape index (κ2) is 9.72. The van der Waals surface area contributed by atoms with Gasteiger partial charge in [0, 0.05) is 18.2 Å². The lowest BCUT2D eigenvalue weighted by Crippen LogP contribution is -2.62. The Morgan fingerprint density at radius 1 is 1.15 bits per heavy atom. The van der Waals surface area contributed by atoms with Crippen LogP contribution in [-0.2, 0) is 9.53 Å². The predicted octanol–water partition coefficient (Wildman–Crippen LogP) is 1.84. The van der Waals surface area contributed by atoms with Crippen molar-refractivity contribution in [3.05, 3.63) is 64.4 Å². The average molecular weight is 491 g/mol. The normalized spacial score (nSPS) is 25.1. The third-order valence-electron chi connectivity index (χ3n) is 5.44. The summed E-state index contributed by atoms with van der Waals surface area (Å²) in [6, 6.07) is 15.3. The maximum atomic E-state index is 11.8. The Hall–Kier alpha value is -2.60. The Morgan fingerprint density at radius 2 is 1.82 bits per heavy atom. The van der Waals surface area contributed by atoms with E-state index in [0.717, 1.165) is 5.69 Å². The Bertz CT molecular complexity index is 1200. The minimum absolute atomic E-state index is 0.205. The van der Waals surface area contributed by atoms with Crippen molar-refractivity contribution in [1.29, 1.82) is 0 Å². The number of nitrogens with one attached hydrogen (secondary N) is 1. The molecule has 1 aromatic heterocycles. The van der Waals surface area contributed by atoms with Crippen molar-refractivity contribution < 1.29 is 24.9 Å². The fraction of sp³-hybridized carbons (Fsp3) is 0.318. The molecule has 1 fully saturated rings. The van der Waals surface area contributed by atoms with Crippen LogP contribution in [0.5, 0.6) is 0 Å². The minimum atomic E-state index is -1.43. The topological polar surface area (TPSA) is 122 Å². The van der Waals surface area contributed by atoms with Crippen LogP contribution in [0.2, 0.25) is 5.02 Å². The average Bonchev–Trinajstić information content (AvgIpc) is 3.14. The number of hydrogen-bond donors (Lipinski definition) is 4. The molecule has 1 aliphatic heterocycles. The van der Waals surface area contributed by atoms with Gasteiger partial charge >= 0.3 is 0 Å². The molecule has 0 radical (unpaired) electrons. The molecule has 1 saturated heterocycles. The summed E-state index contributed by atoms with van der Waals surface area (Å²) in [4.78, 5) is 11.8. The van der Waals surface area contributed by atoms with Crippen molar-refractivity contribution in [2.75, 3.05) is 6.61 Å². The molecule has 174 valence electrons. The SMILES string of the molecule is CC(=O)N[C@@H]1[C@@H](O)[C@H](O)[C@@H](CO)O[C@H]1n1nc(-c2ccccc2Cl)n(-c2ccccc2)c1=S. The van der Waals surface area contributed by atoms with Crippen molar-refractivity contribution in [2.24, 2.45) is 0 Å². The summed E-state index contributed by atoms with van der Waals surface area (Å²) in [6.45, 7) is 0.733. The molecular formula is C22H23ClN4O5S. The summed E-state index contributed by atoms with van der Waals surface area (Å²) in [5, 5.41) is 38.4. The molecule has 0 spiro atoms. The number of ether oxygens (including phenoxy) is 1. The van der Waals surface area contributed by atoms with Crippen LogP contribution in [0.15, 0.2) is 54.6 Å². The lowest BCUT2D eigenvalue weighted by atomic mass is 9.96. The maximum Gasteiger partial charge on any atom is 0.217 e. The van der Waals surface area contributed by atoms with Gasteiger partial charge in [-0.1, -0.05) is 41.9 Å². The Labute approximate surface area is 199 Å². The molecule has 3 aromatic rings. The Kier molecular flexibility index (Phi) is 6.94. The smallest absolute Gasteiger partial charge is 0.217 e. The number of aromatic nitrogens is 3. The van der Waals surface area contributed by atoms with E-state index in [1.165, 1.54) is 11.6 Å². The van der Waals surface area contributed by atoms with E-state index in [-0.39, 0.29) is 4.77 Å². The molecule has 0 aliphatic carbocycles. The molecule has 5 atom stereocenters. The summed E-state index contributed by atoms with van der Waals surface area (Å²) in [6.07, 6.45) is -5.07. The van der Waals surface area contributed by atoms with Crippen molar-refractivity contribution in [3.63, 3.8) is 0 Å². The predicted molar refractivity (Wildman–Crippen MR) is 123 cm³/mol. The second-order valence-corrected chi connectivity index (χ2v) is 8.43. The lowest BCUT2D eigenvalue weighted by molar-refractivity contribution is -0.219. The number of halogens is 1. The maximum absolute atomic E-state index is 11.8. The van der Waals surface area contributed by atoms with Gasteiger partial charge in [0.25, 0.3) is 0 Å². The van der Waals surface area contributed by atoms with E-state index in [4.69, 9.17) is 28.6 Å². The Morgan fingerprint density at radius 3 is 2.45 bits per heavy atom. The van der Waals surface area contributed by atoms with Gasteiger partial charge < -0.3 is 25.4 Å². The highest BCUT2D eigenvalue weighted by atomic mass is 35.5. The second-order valence-electron chi connectivity index (χ2n) is 7.66. The summed E-state index contributed by atoms with van der Waals surface area (Å²) >= 11 is 12.2. The van der Waals surface area contributed by atoms with Gasteiger partial charge in [-0.05, 0) is 36.5 Å². The van der Waals surface area contributed by atoms with Crippen molar-refractivity contribution >= 4 is 29.7 Å². The lowest BCUT2D eigenvalue weighted by Gasteiger charge is -2.42. The van der Waals surface area contributed by atoms with Crippen LogP contribution < -0.4 is 5.32 Å². The summed E-state index contributed by atoms with van der Waals surface area (Å²) < 4.78 is 9.14. The van der Waals surface area contributed by atoms with Gasteiger partial charge in [0.2, 0.25) is 10.7 Å². The molecule has 4 N–H and O–H groups in total. The highest BCUT2D eigenvalue weighted by Gasteiger charge is 2.46. The molecule has 2 aromatic carbocycles. The fourth-order valence-electron chi connectivity index (χ4n) is 3.87. The van der Waals surface area contributed by atoms with Crippen LogP contribution >= 0.6 is 23.8 Å². The van der Waals surface area contributed by atoms with Crippen LogP contribution in [0.25, 0.3) is 17.1 Å². The molecule has 0 bridgehead atoms. The van der Waals surface area contributed by atoms with Gasteiger partial charge in [-0.25, -0.2) is 4.68 Å². The van der Waals surface area contributed by atoms with E-state index in [9.17, 15) is 20.1 Å². The van der Waals surface area contributed by atoms with E-state index in [0.29, 0.717) is 16.4 Å². The first-order valence-electron chi connectivity index (χ1n) is 10.2. The molecule has 1 amide bonds. The number of rotatable bonds is 5. The summed E-state index contributed by atoms with van der Waals surface area (Å²) in [5.41, 5.74) is 1.33. The van der Waals surface area contributed by atoms with Gasteiger partial charge in [0.15, 0.2) is 12.1 Å². The Balaban J connectivity index is 1.92. The van der Waals surface area contributed by atoms with Gasteiger partial charge in [-0.3, -0.25) is 9.36 Å². The van der Waals surface area contributed by atoms with Crippen LogP contribution in [-0.4, -0.2) is 66.5 Å². The van der Waals surface area contributed by atoms with E-state index in [2.05, 4.69) is 10.4 Å². The first kappa shape index (κ1) is 23.6. The van der Waals surface area contributed by atoms with Gasteiger partial charge in [-0.15, -0.1) is 5.10 Å². The summed E-state index contributed by atoms with van der Waals surface area (Å²) in [5.74, 6) is -0.0224. The number of carbonyl (C=O) groups excluding carboxylic acids is 1. The number of para-hydroxylation sites is 1. The molecule has 1 aliphatic rings. The monoisotopic (exact) mass is 490 g/mol. The first-order chi connectivity index (χ1) is 15.8. The zero-order chi connectivity index (χ0) is 23.7. The molecule has 9 nitrogen and oxygen atoms in total. The summed E-state index contributed by atoms with van der Waals surface area (Å²) in [7, 11) is 0. The number of carbonyl (C=O) groups is 1.